The third kappa shape index (κ3) is 4.04. The van der Waals surface area contributed by atoms with Gasteiger partial charge < -0.3 is 9.72 Å². The lowest BCUT2D eigenvalue weighted by molar-refractivity contribution is 0.102. The van der Waals surface area contributed by atoms with Crippen molar-refractivity contribution < 1.29 is 9.53 Å². The van der Waals surface area contributed by atoms with E-state index in [1.807, 2.05) is 30.3 Å². The zero-order chi connectivity index (χ0) is 17.8. The first-order chi connectivity index (χ1) is 12.1. The number of nitrogens with one attached hydrogen (secondary N) is 1. The molecule has 0 fully saturated rings. The van der Waals surface area contributed by atoms with Crippen LogP contribution in [0, 0.1) is 0 Å². The van der Waals surface area contributed by atoms with Crippen molar-refractivity contribution in [3.8, 4) is 5.75 Å². The normalized spacial score (nSPS) is 12.3. The van der Waals surface area contributed by atoms with Crippen LogP contribution >= 0.6 is 11.8 Å². The summed E-state index contributed by atoms with van der Waals surface area (Å²) in [5, 5.41) is 0.743. The molecule has 1 aromatic heterocycles. The van der Waals surface area contributed by atoms with E-state index in [4.69, 9.17) is 4.74 Å². The number of hydrogen-bond donors (Lipinski definition) is 1. The van der Waals surface area contributed by atoms with Crippen LogP contribution in [0.15, 0.2) is 47.6 Å². The number of H-pyrrole nitrogens is 1. The van der Waals surface area contributed by atoms with E-state index >= 15 is 0 Å². The Morgan fingerprint density at radius 2 is 2.00 bits per heavy atom. The minimum Gasteiger partial charge on any atom is -0.497 e. The molecule has 130 valence electrons. The summed E-state index contributed by atoms with van der Waals surface area (Å²) >= 11 is 1.42. The van der Waals surface area contributed by atoms with Gasteiger partial charge in [0.15, 0.2) is 10.9 Å². The maximum absolute atomic E-state index is 12.4. The molecule has 1 N–H and O–H groups in total. The van der Waals surface area contributed by atoms with Gasteiger partial charge in [0.2, 0.25) is 0 Å². The average molecular weight is 354 g/mol. The second-order valence-corrected chi connectivity index (χ2v) is 7.03. The van der Waals surface area contributed by atoms with Crippen LogP contribution in [0.1, 0.15) is 42.1 Å². The van der Waals surface area contributed by atoms with Crippen molar-refractivity contribution in [2.45, 2.75) is 31.3 Å². The highest BCUT2D eigenvalue weighted by Crippen LogP contribution is 2.24. The summed E-state index contributed by atoms with van der Waals surface area (Å²) in [7, 11) is 1.64. The zero-order valence-electron chi connectivity index (χ0n) is 14.7. The van der Waals surface area contributed by atoms with E-state index in [9.17, 15) is 4.79 Å². The van der Waals surface area contributed by atoms with E-state index in [0.717, 1.165) is 33.9 Å². The van der Waals surface area contributed by atoms with Crippen molar-refractivity contribution in [2.24, 2.45) is 0 Å². The molecule has 0 saturated heterocycles. The number of Topliss-reactive ketones (excluding diaryl/α,β-unsaturated/α-hetero) is 1. The lowest BCUT2D eigenvalue weighted by atomic mass is 9.97. The van der Waals surface area contributed by atoms with Crippen molar-refractivity contribution >= 4 is 28.6 Å². The molecule has 4 nitrogen and oxygen atoms in total. The van der Waals surface area contributed by atoms with Gasteiger partial charge in [0.05, 0.1) is 23.9 Å². The molecule has 3 rings (SSSR count). The molecule has 1 heterocycles. The molecule has 0 saturated carbocycles. The number of methoxy groups -OCH3 is 1. The average Bonchev–Trinajstić information content (AvgIpc) is 3.07. The first-order valence-corrected chi connectivity index (χ1v) is 9.39. The smallest absolute Gasteiger partial charge is 0.173 e. The number of benzene rings is 2. The minimum absolute atomic E-state index is 0.110. The summed E-state index contributed by atoms with van der Waals surface area (Å²) in [6.07, 6.45) is 1.10. The number of aromatic nitrogens is 2. The maximum Gasteiger partial charge on any atom is 0.173 e. The van der Waals surface area contributed by atoms with E-state index in [1.54, 1.807) is 7.11 Å². The number of ketones is 1. The van der Waals surface area contributed by atoms with Crippen molar-refractivity contribution in [1.82, 2.24) is 9.97 Å². The zero-order valence-corrected chi connectivity index (χ0v) is 15.5. The number of carbonyl (C=O) groups excluding carboxylic acids is 1. The number of nitrogens with zero attached hydrogens (tertiary/aromatic N) is 1. The molecule has 0 bridgehead atoms. The third-order valence-electron chi connectivity index (χ3n) is 4.42. The van der Waals surface area contributed by atoms with Crippen LogP contribution < -0.4 is 4.74 Å². The Bertz CT molecular complexity index is 871. The monoisotopic (exact) mass is 354 g/mol. The van der Waals surface area contributed by atoms with Gasteiger partial charge in [-0.1, -0.05) is 49.9 Å². The van der Waals surface area contributed by atoms with Crippen molar-refractivity contribution in [3.05, 3.63) is 53.6 Å². The second-order valence-electron chi connectivity index (χ2n) is 6.07. The molecule has 1 atom stereocenters. The number of ether oxygens (including phenoxy) is 1. The molecule has 25 heavy (non-hydrogen) atoms. The number of aromatic amines is 1. The first-order valence-electron chi connectivity index (χ1n) is 8.40. The predicted octanol–water partition coefficient (Wildman–Crippen LogP) is 5.06. The van der Waals surface area contributed by atoms with E-state index < -0.39 is 0 Å². The van der Waals surface area contributed by atoms with Crippen LogP contribution in [-0.2, 0) is 0 Å². The van der Waals surface area contributed by atoms with Gasteiger partial charge in [0.1, 0.15) is 5.75 Å². The van der Waals surface area contributed by atoms with Crippen molar-refractivity contribution in [2.75, 3.05) is 12.9 Å². The molecular weight excluding hydrogens is 332 g/mol. The number of rotatable bonds is 7. The number of fused-ring (bicyclic) bond motifs is 1. The van der Waals surface area contributed by atoms with Gasteiger partial charge in [-0.2, -0.15) is 0 Å². The molecule has 0 amide bonds. The topological polar surface area (TPSA) is 55.0 Å². The largest absolute Gasteiger partial charge is 0.497 e. The standard InChI is InChI=1S/C20H22N2O2S/c1-4-13(2)14-5-7-15(8-6-14)19(23)12-25-20-21-17-10-9-16(24-3)11-18(17)22-20/h5-11,13H,4,12H2,1-3H3,(H,21,22)/t13-/m1/s1. The van der Waals surface area contributed by atoms with E-state index in [-0.39, 0.29) is 5.78 Å². The van der Waals surface area contributed by atoms with Crippen LogP contribution in [0.25, 0.3) is 11.0 Å². The van der Waals surface area contributed by atoms with Gasteiger partial charge in [-0.3, -0.25) is 4.79 Å². The lowest BCUT2D eigenvalue weighted by Crippen LogP contribution is -2.03. The molecular formula is C20H22N2O2S. The second kappa shape index (κ2) is 7.74. The molecule has 2 aromatic carbocycles. The Morgan fingerprint density at radius 1 is 1.24 bits per heavy atom. The quantitative estimate of drug-likeness (QED) is 0.476. The van der Waals surface area contributed by atoms with Gasteiger partial charge in [0.25, 0.3) is 0 Å². The van der Waals surface area contributed by atoms with Crippen molar-refractivity contribution in [3.63, 3.8) is 0 Å². The molecule has 0 unspecified atom stereocenters. The Kier molecular flexibility index (Phi) is 5.43. The highest BCUT2D eigenvalue weighted by atomic mass is 32.2. The van der Waals surface area contributed by atoms with Crippen LogP contribution in [0.4, 0.5) is 0 Å². The van der Waals surface area contributed by atoms with Gasteiger partial charge >= 0.3 is 0 Å². The third-order valence-corrected chi connectivity index (χ3v) is 5.29. The van der Waals surface area contributed by atoms with E-state index in [1.165, 1.54) is 17.3 Å². The van der Waals surface area contributed by atoms with Gasteiger partial charge in [-0.15, -0.1) is 0 Å². The van der Waals surface area contributed by atoms with Gasteiger partial charge in [-0.05, 0) is 30.0 Å². The van der Waals surface area contributed by atoms with E-state index in [0.29, 0.717) is 11.7 Å². The number of thioether (sulfide) groups is 1. The molecule has 3 aromatic rings. The Labute approximate surface area is 152 Å². The maximum atomic E-state index is 12.4. The Morgan fingerprint density at radius 3 is 2.68 bits per heavy atom. The summed E-state index contributed by atoms with van der Waals surface area (Å²) in [4.78, 5) is 20.1. The molecule has 5 heteroatoms. The highest BCUT2D eigenvalue weighted by Gasteiger charge is 2.11. The van der Waals surface area contributed by atoms with Crippen LogP contribution in [-0.4, -0.2) is 28.6 Å². The Balaban J connectivity index is 1.65. The summed E-state index contributed by atoms with van der Waals surface area (Å²) in [5.74, 6) is 1.77. The minimum atomic E-state index is 0.110. The number of carbonyl (C=O) groups is 1. The Hall–Kier alpha value is -2.27. The molecule has 0 spiro atoms. The summed E-state index contributed by atoms with van der Waals surface area (Å²) in [5.41, 5.74) is 3.80. The summed E-state index contributed by atoms with van der Waals surface area (Å²) in [6.45, 7) is 4.37. The predicted molar refractivity (Wildman–Crippen MR) is 103 cm³/mol. The van der Waals surface area contributed by atoms with Gasteiger partial charge in [-0.25, -0.2) is 4.98 Å². The fraction of sp³-hybridized carbons (Fsp3) is 0.300. The first kappa shape index (κ1) is 17.5. The molecule has 0 radical (unpaired) electrons. The SMILES string of the molecule is CC[C@@H](C)c1ccc(C(=O)CSc2nc3ccc(OC)cc3[nH]2)cc1. The summed E-state index contributed by atoms with van der Waals surface area (Å²) < 4.78 is 5.21. The fourth-order valence-electron chi connectivity index (χ4n) is 2.61. The molecule has 0 aliphatic heterocycles. The number of imidazole rings is 1. The lowest BCUT2D eigenvalue weighted by Gasteiger charge is -2.09. The van der Waals surface area contributed by atoms with Crippen LogP contribution in [0.3, 0.4) is 0 Å². The molecule has 0 aliphatic carbocycles. The highest BCUT2D eigenvalue weighted by molar-refractivity contribution is 7.99. The van der Waals surface area contributed by atoms with Gasteiger partial charge in [0, 0.05) is 11.6 Å². The van der Waals surface area contributed by atoms with Crippen molar-refractivity contribution in [1.29, 1.82) is 0 Å². The number of hydrogen-bond acceptors (Lipinski definition) is 4. The summed E-state index contributed by atoms with van der Waals surface area (Å²) in [6, 6.07) is 13.6. The van der Waals surface area contributed by atoms with Crippen LogP contribution in [0.2, 0.25) is 0 Å². The van der Waals surface area contributed by atoms with E-state index in [2.05, 4.69) is 35.9 Å². The fourth-order valence-corrected chi connectivity index (χ4v) is 3.39. The molecule has 0 aliphatic rings. The van der Waals surface area contributed by atoms with Crippen LogP contribution in [0.5, 0.6) is 5.75 Å².